The van der Waals surface area contributed by atoms with Gasteiger partial charge in [0.15, 0.2) is 0 Å². The van der Waals surface area contributed by atoms with Crippen LogP contribution in [-0.4, -0.2) is 27.6 Å². The van der Waals surface area contributed by atoms with Crippen LogP contribution < -0.4 is 5.32 Å². The Morgan fingerprint density at radius 3 is 3.17 bits per heavy atom. The fraction of sp³-hybridized carbons (Fsp3) is 0.0833. The molecule has 0 bridgehead atoms. The summed E-state index contributed by atoms with van der Waals surface area (Å²) in [5.74, 6) is -0.153. The Balaban J connectivity index is 2.46. The SMILES string of the molecule is CNC(=O)/C(=C/c1c[nH]c2ncccc12)SC=S. The summed E-state index contributed by atoms with van der Waals surface area (Å²) in [6, 6.07) is 3.81. The van der Waals surface area contributed by atoms with Crippen LogP contribution in [0.5, 0.6) is 0 Å². The molecule has 18 heavy (non-hydrogen) atoms. The van der Waals surface area contributed by atoms with Gasteiger partial charge in [-0.15, -0.1) is 0 Å². The van der Waals surface area contributed by atoms with E-state index in [4.69, 9.17) is 12.2 Å². The lowest BCUT2D eigenvalue weighted by Crippen LogP contribution is -2.18. The Hall–Kier alpha value is -1.66. The van der Waals surface area contributed by atoms with E-state index in [1.807, 2.05) is 18.3 Å². The van der Waals surface area contributed by atoms with Gasteiger partial charge < -0.3 is 10.3 Å². The van der Waals surface area contributed by atoms with Crippen molar-refractivity contribution in [3.63, 3.8) is 0 Å². The standard InChI is InChI=1S/C12H11N3OS2/c1-13-12(16)10(18-7-17)5-8-6-15-11-9(8)3-2-4-14-11/h2-7H,1H3,(H,13,16)(H,14,15)/b10-5-. The molecule has 4 nitrogen and oxygen atoms in total. The van der Waals surface area contributed by atoms with Crippen molar-refractivity contribution in [3.8, 4) is 0 Å². The molecule has 0 unspecified atom stereocenters. The van der Waals surface area contributed by atoms with E-state index < -0.39 is 0 Å². The Morgan fingerprint density at radius 2 is 2.44 bits per heavy atom. The molecule has 1 amide bonds. The van der Waals surface area contributed by atoms with Gasteiger partial charge >= 0.3 is 0 Å². The zero-order chi connectivity index (χ0) is 13.0. The van der Waals surface area contributed by atoms with Crippen molar-refractivity contribution < 1.29 is 4.79 Å². The molecule has 0 aromatic carbocycles. The molecular weight excluding hydrogens is 266 g/mol. The highest BCUT2D eigenvalue weighted by atomic mass is 32.2. The molecule has 0 spiro atoms. The van der Waals surface area contributed by atoms with E-state index in [-0.39, 0.29) is 5.91 Å². The molecule has 0 aliphatic carbocycles. The Bertz CT molecular complexity index is 619. The molecule has 0 aliphatic rings. The zero-order valence-electron chi connectivity index (χ0n) is 9.64. The average Bonchev–Trinajstić information content (AvgIpc) is 2.81. The van der Waals surface area contributed by atoms with Crippen molar-refractivity contribution in [1.82, 2.24) is 15.3 Å². The Kier molecular flexibility index (Phi) is 4.11. The maximum Gasteiger partial charge on any atom is 0.257 e. The van der Waals surface area contributed by atoms with Gasteiger partial charge in [0.25, 0.3) is 5.91 Å². The summed E-state index contributed by atoms with van der Waals surface area (Å²) in [6.07, 6.45) is 5.34. The summed E-state index contributed by atoms with van der Waals surface area (Å²) >= 11 is 6.00. The predicted octanol–water partition coefficient (Wildman–Crippen LogP) is 2.34. The molecule has 0 saturated carbocycles. The van der Waals surface area contributed by atoms with Crippen LogP contribution in [0, 0.1) is 0 Å². The molecule has 0 aliphatic heterocycles. The number of aromatic amines is 1. The molecule has 2 heterocycles. The third-order valence-electron chi connectivity index (χ3n) is 2.40. The minimum atomic E-state index is -0.153. The van der Waals surface area contributed by atoms with Gasteiger partial charge in [-0.1, -0.05) is 24.0 Å². The maximum absolute atomic E-state index is 11.7. The van der Waals surface area contributed by atoms with E-state index in [2.05, 4.69) is 15.3 Å². The van der Waals surface area contributed by atoms with Gasteiger partial charge in [0.05, 0.1) is 4.91 Å². The number of carbonyl (C=O) groups is 1. The number of H-pyrrole nitrogens is 1. The van der Waals surface area contributed by atoms with E-state index in [0.717, 1.165) is 16.6 Å². The molecule has 0 atom stereocenters. The summed E-state index contributed by atoms with van der Waals surface area (Å²) in [4.78, 5) is 19.5. The van der Waals surface area contributed by atoms with E-state index in [1.165, 1.54) is 16.5 Å². The van der Waals surface area contributed by atoms with Gasteiger partial charge in [0.2, 0.25) is 0 Å². The van der Waals surface area contributed by atoms with Crippen LogP contribution in [0.15, 0.2) is 29.4 Å². The van der Waals surface area contributed by atoms with Crippen LogP contribution in [0.1, 0.15) is 5.56 Å². The van der Waals surface area contributed by atoms with Crippen molar-refractivity contribution in [2.75, 3.05) is 7.05 Å². The second kappa shape index (κ2) is 5.79. The summed E-state index contributed by atoms with van der Waals surface area (Å²) in [5.41, 5.74) is 1.72. The number of hydrogen-bond donors (Lipinski definition) is 2. The normalized spacial score (nSPS) is 11.5. The van der Waals surface area contributed by atoms with E-state index in [9.17, 15) is 4.79 Å². The number of likely N-dealkylation sites (N-methyl/N-ethyl adjacent to an activating group) is 1. The number of thioether (sulfide) groups is 1. The van der Waals surface area contributed by atoms with Crippen LogP contribution >= 0.6 is 24.0 Å². The van der Waals surface area contributed by atoms with Crippen molar-refractivity contribution in [2.45, 2.75) is 0 Å². The number of nitrogens with one attached hydrogen (secondary N) is 2. The maximum atomic E-state index is 11.7. The minimum Gasteiger partial charge on any atom is -0.355 e. The molecule has 92 valence electrons. The third-order valence-corrected chi connectivity index (χ3v) is 3.34. The predicted molar refractivity (Wildman–Crippen MR) is 79.4 cm³/mol. The molecule has 2 aromatic heterocycles. The molecule has 2 aromatic rings. The number of pyridine rings is 1. The van der Waals surface area contributed by atoms with Crippen molar-refractivity contribution in [2.24, 2.45) is 0 Å². The topological polar surface area (TPSA) is 57.8 Å². The largest absolute Gasteiger partial charge is 0.355 e. The number of fused-ring (bicyclic) bond motifs is 1. The fourth-order valence-electron chi connectivity index (χ4n) is 1.57. The second-order valence-corrected chi connectivity index (χ2v) is 4.89. The Labute approximate surface area is 114 Å². The number of hydrogen-bond acceptors (Lipinski definition) is 4. The van der Waals surface area contributed by atoms with Crippen LogP contribution in [0.4, 0.5) is 0 Å². The lowest BCUT2D eigenvalue weighted by Gasteiger charge is -2.01. The van der Waals surface area contributed by atoms with Crippen LogP contribution in [-0.2, 0) is 4.79 Å². The van der Waals surface area contributed by atoms with Gasteiger partial charge in [-0.25, -0.2) is 4.98 Å². The summed E-state index contributed by atoms with van der Waals surface area (Å²) in [7, 11) is 1.59. The quantitative estimate of drug-likeness (QED) is 0.665. The third kappa shape index (κ3) is 2.60. The number of nitrogens with zero attached hydrogens (tertiary/aromatic N) is 1. The average molecular weight is 277 g/mol. The monoisotopic (exact) mass is 277 g/mol. The van der Waals surface area contributed by atoms with Crippen LogP contribution in [0.3, 0.4) is 0 Å². The number of thiocarbonyl (C=S) groups is 1. The summed E-state index contributed by atoms with van der Waals surface area (Å²) in [6.45, 7) is 0. The van der Waals surface area contributed by atoms with Crippen molar-refractivity contribution in [3.05, 3.63) is 35.0 Å². The first-order valence-corrected chi connectivity index (χ1v) is 6.57. The number of amides is 1. The second-order valence-electron chi connectivity index (χ2n) is 3.45. The Morgan fingerprint density at radius 1 is 1.61 bits per heavy atom. The molecular formula is C12H11N3OS2. The number of rotatable bonds is 4. The van der Waals surface area contributed by atoms with Gasteiger partial charge in [0, 0.05) is 35.1 Å². The molecule has 0 saturated heterocycles. The highest BCUT2D eigenvalue weighted by Crippen LogP contribution is 2.22. The fourth-order valence-corrected chi connectivity index (χ4v) is 2.38. The van der Waals surface area contributed by atoms with Gasteiger partial charge in [-0.3, -0.25) is 4.79 Å². The molecule has 6 heteroatoms. The smallest absolute Gasteiger partial charge is 0.257 e. The van der Waals surface area contributed by atoms with Crippen molar-refractivity contribution >= 4 is 51.7 Å². The lowest BCUT2D eigenvalue weighted by atomic mass is 10.2. The van der Waals surface area contributed by atoms with Gasteiger partial charge in [0.1, 0.15) is 5.65 Å². The zero-order valence-corrected chi connectivity index (χ0v) is 11.3. The van der Waals surface area contributed by atoms with E-state index >= 15 is 0 Å². The summed E-state index contributed by atoms with van der Waals surface area (Å²) in [5, 5.41) is 3.57. The van der Waals surface area contributed by atoms with Crippen LogP contribution in [0.25, 0.3) is 17.1 Å². The number of carbonyl (C=O) groups excluding carboxylic acids is 1. The molecule has 2 rings (SSSR count). The first kappa shape index (κ1) is 12.8. The van der Waals surface area contributed by atoms with Gasteiger partial charge in [-0.05, 0) is 18.2 Å². The first-order valence-electron chi connectivity index (χ1n) is 5.22. The van der Waals surface area contributed by atoms with Crippen molar-refractivity contribution in [1.29, 1.82) is 0 Å². The van der Waals surface area contributed by atoms with Gasteiger partial charge in [-0.2, -0.15) is 0 Å². The van der Waals surface area contributed by atoms with Crippen LogP contribution in [0.2, 0.25) is 0 Å². The summed E-state index contributed by atoms with van der Waals surface area (Å²) < 4.78 is 1.47. The molecule has 2 N–H and O–H groups in total. The minimum absolute atomic E-state index is 0.153. The molecule has 0 radical (unpaired) electrons. The lowest BCUT2D eigenvalue weighted by molar-refractivity contribution is -0.116. The highest BCUT2D eigenvalue weighted by molar-refractivity contribution is 8.24. The highest BCUT2D eigenvalue weighted by Gasteiger charge is 2.09. The molecule has 0 fully saturated rings. The van der Waals surface area contributed by atoms with E-state index in [0.29, 0.717) is 4.91 Å². The number of aromatic nitrogens is 2. The van der Waals surface area contributed by atoms with E-state index in [1.54, 1.807) is 19.3 Å². The first-order chi connectivity index (χ1) is 8.76.